The van der Waals surface area contributed by atoms with Gasteiger partial charge < -0.3 is 65.9 Å². The number of nitrogens with two attached hydrogens (primary N) is 5. The third kappa shape index (κ3) is 19.5. The van der Waals surface area contributed by atoms with Crippen molar-refractivity contribution >= 4 is 59.2 Å². The first kappa shape index (κ1) is 53.3. The minimum atomic E-state index is -1.10. The van der Waals surface area contributed by atoms with E-state index >= 15 is 0 Å². The number of hydrogen-bond donors (Lipinski definition) is 12. The van der Waals surface area contributed by atoms with Crippen LogP contribution >= 0.6 is 0 Å². The van der Waals surface area contributed by atoms with E-state index in [1.807, 2.05) is 0 Å². The normalized spacial score (nSPS) is 18.3. The van der Waals surface area contributed by atoms with Gasteiger partial charge in [-0.3, -0.25) is 48.3 Å². The van der Waals surface area contributed by atoms with E-state index in [-0.39, 0.29) is 68.1 Å². The lowest BCUT2D eigenvalue weighted by atomic mass is 9.86. The van der Waals surface area contributed by atoms with E-state index < -0.39 is 88.9 Å². The molecule has 17 N–H and O–H groups in total. The highest BCUT2D eigenvalue weighted by Gasteiger charge is 2.38. The minimum absolute atomic E-state index is 0.0878. The van der Waals surface area contributed by atoms with Crippen molar-refractivity contribution in [3.05, 3.63) is 0 Å². The molecule has 0 aromatic carbocycles. The summed E-state index contributed by atoms with van der Waals surface area (Å²) in [7, 11) is 0. The largest absolute Gasteiger partial charge is 0.370 e. The summed E-state index contributed by atoms with van der Waals surface area (Å²) < 4.78 is 0. The van der Waals surface area contributed by atoms with Crippen LogP contribution in [0, 0.1) is 23.2 Å². The number of rotatable bonds is 24. The predicted octanol–water partition coefficient (Wildman–Crippen LogP) is -2.83. The average Bonchev–Trinajstić information content (AvgIpc) is 3.59. The molecule has 1 saturated carbocycles. The van der Waals surface area contributed by atoms with Crippen LogP contribution < -0.4 is 65.9 Å². The van der Waals surface area contributed by atoms with Gasteiger partial charge in [-0.05, 0) is 68.1 Å². The number of carbonyl (C=O) groups excluding carboxylic acids is 8. The van der Waals surface area contributed by atoms with Crippen LogP contribution in [0.3, 0.4) is 0 Å². The first-order valence-corrected chi connectivity index (χ1v) is 20.7. The second-order valence-corrected chi connectivity index (χ2v) is 17.3. The zero-order chi connectivity index (χ0) is 46.8. The van der Waals surface area contributed by atoms with Crippen LogP contribution in [-0.4, -0.2) is 115 Å². The number of nitrogens with zero attached hydrogens (tertiary/aromatic N) is 2. The van der Waals surface area contributed by atoms with Crippen LogP contribution in [0.5, 0.6) is 0 Å². The molecule has 8 unspecified atom stereocenters. The standard InChI is InChI=1S/C39H72N14O8/c1-19(2)27(47-21(5)54)35(60)50-25(12-10-16-45-37(42)43)33(58)52-29(31(40)56)23-14-15-24(18-23)49-38(44)46-17-11-13-26(34(59)53-30(32(41)57)39(7,8)9)51-36(61)28(20(3)4)48-22(6)55/h19-20,23-30H,10-18H2,1-9H3,(H2,40,56)(H2,41,57)(H,47,54)(H,48,55)(H,50,60)(H,51,61)(H,52,58)(H,53,59)(H4,42,43,45)(H3,44,46,49). The molecule has 1 aliphatic rings. The minimum Gasteiger partial charge on any atom is -0.370 e. The van der Waals surface area contributed by atoms with Gasteiger partial charge in [-0.2, -0.15) is 0 Å². The number of hydrogen-bond acceptors (Lipinski definition) is 10. The highest BCUT2D eigenvalue weighted by atomic mass is 16.2. The summed E-state index contributed by atoms with van der Waals surface area (Å²) in [6.45, 7) is 15.1. The second-order valence-electron chi connectivity index (χ2n) is 17.3. The smallest absolute Gasteiger partial charge is 0.243 e. The van der Waals surface area contributed by atoms with Gasteiger partial charge in [0, 0.05) is 33.0 Å². The van der Waals surface area contributed by atoms with Gasteiger partial charge in [-0.1, -0.05) is 48.5 Å². The average molecular weight is 865 g/mol. The molecule has 0 spiro atoms. The Hall–Kier alpha value is -5.70. The predicted molar refractivity (Wildman–Crippen MR) is 230 cm³/mol. The van der Waals surface area contributed by atoms with Gasteiger partial charge >= 0.3 is 0 Å². The molecule has 1 aliphatic carbocycles. The lowest BCUT2D eigenvalue weighted by Crippen LogP contribution is -2.59. The van der Waals surface area contributed by atoms with Crippen LogP contribution in [-0.2, 0) is 38.4 Å². The first-order valence-electron chi connectivity index (χ1n) is 20.7. The van der Waals surface area contributed by atoms with Crippen LogP contribution in [0.25, 0.3) is 0 Å². The van der Waals surface area contributed by atoms with E-state index in [0.717, 1.165) is 0 Å². The Kier molecular flexibility index (Phi) is 22.0. The van der Waals surface area contributed by atoms with Gasteiger partial charge in [0.05, 0.1) is 0 Å². The fraction of sp³-hybridized carbons (Fsp3) is 0.744. The van der Waals surface area contributed by atoms with E-state index in [2.05, 4.69) is 47.2 Å². The Labute approximate surface area is 358 Å². The fourth-order valence-electron chi connectivity index (χ4n) is 6.90. The molecular formula is C39H72N14O8. The molecule has 0 saturated heterocycles. The molecule has 0 heterocycles. The molecule has 8 amide bonds. The Morgan fingerprint density at radius 3 is 1.46 bits per heavy atom. The lowest BCUT2D eigenvalue weighted by Gasteiger charge is -2.31. The van der Waals surface area contributed by atoms with Gasteiger partial charge in [0.25, 0.3) is 0 Å². The Balaban J connectivity index is 3.06. The monoisotopic (exact) mass is 865 g/mol. The summed E-state index contributed by atoms with van der Waals surface area (Å²) in [5.41, 5.74) is 27.7. The lowest BCUT2D eigenvalue weighted by molar-refractivity contribution is -0.134. The molecule has 22 nitrogen and oxygen atoms in total. The van der Waals surface area contributed by atoms with Gasteiger partial charge in [-0.25, -0.2) is 0 Å². The van der Waals surface area contributed by atoms with Gasteiger partial charge in [0.15, 0.2) is 11.9 Å². The number of guanidine groups is 2. The SMILES string of the molecule is CC(=O)NC(C(=O)NC(CCCN=C(N)N)C(=O)NC(C(N)=O)C1CCC(NC(N)=NCCCC(NC(=O)C(NC(C)=O)C(C)C)C(=O)NC(C(N)=O)C(C)(C)C)C1)C(C)C. The first-order chi connectivity index (χ1) is 28.2. The number of primary amides is 2. The van der Waals surface area contributed by atoms with Crippen molar-refractivity contribution in [1.29, 1.82) is 0 Å². The Morgan fingerprint density at radius 2 is 1.07 bits per heavy atom. The molecule has 8 atom stereocenters. The molecule has 346 valence electrons. The summed E-state index contributed by atoms with van der Waals surface area (Å²) in [4.78, 5) is 110. The maximum atomic E-state index is 13.6. The van der Waals surface area contributed by atoms with E-state index in [9.17, 15) is 38.4 Å². The van der Waals surface area contributed by atoms with Crippen molar-refractivity contribution in [2.75, 3.05) is 13.1 Å². The van der Waals surface area contributed by atoms with Crippen LogP contribution in [0.2, 0.25) is 0 Å². The van der Waals surface area contributed by atoms with Gasteiger partial charge in [0.1, 0.15) is 36.3 Å². The van der Waals surface area contributed by atoms with E-state index in [1.165, 1.54) is 13.8 Å². The molecule has 1 fully saturated rings. The maximum absolute atomic E-state index is 13.6. The third-order valence-corrected chi connectivity index (χ3v) is 10.1. The zero-order valence-electron chi connectivity index (χ0n) is 37.2. The Morgan fingerprint density at radius 1 is 0.607 bits per heavy atom. The summed E-state index contributed by atoms with van der Waals surface area (Å²) in [6, 6.07) is -6.40. The number of amides is 8. The summed E-state index contributed by atoms with van der Waals surface area (Å²) >= 11 is 0. The third-order valence-electron chi connectivity index (χ3n) is 10.1. The molecule has 61 heavy (non-hydrogen) atoms. The molecule has 0 bridgehead atoms. The van der Waals surface area contributed by atoms with Crippen LogP contribution in [0.4, 0.5) is 0 Å². The highest BCUT2D eigenvalue weighted by molar-refractivity contribution is 5.95. The van der Waals surface area contributed by atoms with E-state index in [1.54, 1.807) is 48.5 Å². The zero-order valence-corrected chi connectivity index (χ0v) is 37.2. The topological polar surface area (TPSA) is 376 Å². The molecule has 0 radical (unpaired) electrons. The van der Waals surface area contributed by atoms with Gasteiger partial charge in [0.2, 0.25) is 47.3 Å². The maximum Gasteiger partial charge on any atom is 0.243 e. The van der Waals surface area contributed by atoms with Crippen molar-refractivity contribution in [3.8, 4) is 0 Å². The molecule has 1 rings (SSSR count). The molecule has 0 aromatic rings. The number of aliphatic imine (C=N–C) groups is 2. The molecule has 0 aliphatic heterocycles. The quantitative estimate of drug-likeness (QED) is 0.0266. The molecule has 22 heteroatoms. The molecule has 0 aromatic heterocycles. The number of carbonyl (C=O) groups is 8. The van der Waals surface area contributed by atoms with E-state index in [4.69, 9.17) is 28.7 Å². The molecular weight excluding hydrogens is 793 g/mol. The van der Waals surface area contributed by atoms with Crippen LogP contribution in [0.15, 0.2) is 9.98 Å². The second kappa shape index (κ2) is 25.2. The Bertz CT molecular complexity index is 1610. The summed E-state index contributed by atoms with van der Waals surface area (Å²) in [5.74, 6) is -5.80. The van der Waals surface area contributed by atoms with Crippen molar-refractivity contribution < 1.29 is 38.4 Å². The summed E-state index contributed by atoms with van der Waals surface area (Å²) in [5, 5.41) is 19.1. The van der Waals surface area contributed by atoms with Crippen LogP contribution in [0.1, 0.15) is 107 Å². The van der Waals surface area contributed by atoms with Crippen molar-refractivity contribution in [1.82, 2.24) is 37.2 Å². The fourth-order valence-corrected chi connectivity index (χ4v) is 6.90. The van der Waals surface area contributed by atoms with Crippen molar-refractivity contribution in [3.63, 3.8) is 0 Å². The van der Waals surface area contributed by atoms with E-state index in [0.29, 0.717) is 25.7 Å². The van der Waals surface area contributed by atoms with Crippen molar-refractivity contribution in [2.45, 2.75) is 150 Å². The van der Waals surface area contributed by atoms with Gasteiger partial charge in [-0.15, -0.1) is 0 Å². The highest BCUT2D eigenvalue weighted by Crippen LogP contribution is 2.29. The summed E-state index contributed by atoms with van der Waals surface area (Å²) in [6.07, 6.45) is 2.24. The van der Waals surface area contributed by atoms with Crippen molar-refractivity contribution in [2.24, 2.45) is 61.8 Å². The number of nitrogens with one attached hydrogen (secondary N) is 7.